The summed E-state index contributed by atoms with van der Waals surface area (Å²) in [5, 5.41) is 7.12. The molecule has 2 aromatic heterocycles. The van der Waals surface area contributed by atoms with Crippen LogP contribution < -0.4 is 0 Å². The Bertz CT molecular complexity index is 903. The average Bonchev–Trinajstić information content (AvgIpc) is 3.32. The number of aliphatic carboxylic acids is 1. The largest absolute Gasteiger partial charge is 0.490 e. The van der Waals surface area contributed by atoms with E-state index in [2.05, 4.69) is 20.9 Å². The predicted molar refractivity (Wildman–Crippen MR) is 102 cm³/mol. The summed E-state index contributed by atoms with van der Waals surface area (Å²) in [4.78, 5) is 34.0. The molecule has 11 heteroatoms. The molecule has 0 aromatic carbocycles. The van der Waals surface area contributed by atoms with E-state index in [1.807, 2.05) is 17.9 Å². The Kier molecular flexibility index (Phi) is 6.94. The van der Waals surface area contributed by atoms with E-state index in [0.29, 0.717) is 17.5 Å². The zero-order valence-corrected chi connectivity index (χ0v) is 16.9. The van der Waals surface area contributed by atoms with Crippen LogP contribution in [0.2, 0.25) is 0 Å². The number of furan rings is 1. The third-order valence-corrected chi connectivity index (χ3v) is 5.36. The predicted octanol–water partition coefficient (Wildman–Crippen LogP) is 2.61. The molecule has 0 spiro atoms. The molecule has 1 N–H and O–H groups in total. The zero-order valence-electron chi connectivity index (χ0n) is 16.9. The van der Waals surface area contributed by atoms with E-state index in [1.54, 1.807) is 18.6 Å². The number of halogens is 3. The molecule has 168 valence electrons. The number of hydrogen-bond acceptors (Lipinski definition) is 6. The number of piperidine rings is 1. The Morgan fingerprint density at radius 2 is 1.90 bits per heavy atom. The molecule has 31 heavy (non-hydrogen) atoms. The van der Waals surface area contributed by atoms with Gasteiger partial charge in [0.2, 0.25) is 0 Å². The lowest BCUT2D eigenvalue weighted by atomic mass is 9.88. The first-order valence-electron chi connectivity index (χ1n) is 9.76. The molecule has 2 aliphatic rings. The summed E-state index contributed by atoms with van der Waals surface area (Å²) in [6, 6.07) is 4.07. The lowest BCUT2D eigenvalue weighted by Crippen LogP contribution is -2.43. The lowest BCUT2D eigenvalue weighted by molar-refractivity contribution is -0.192. The molecule has 1 amide bonds. The van der Waals surface area contributed by atoms with Gasteiger partial charge in [-0.05, 0) is 37.3 Å². The number of hydrogen-bond donors (Lipinski definition) is 1. The van der Waals surface area contributed by atoms with E-state index in [0.717, 1.165) is 50.7 Å². The quantitative estimate of drug-likeness (QED) is 0.783. The molecular formula is C20H23F3N4O4. The third-order valence-electron chi connectivity index (χ3n) is 5.36. The smallest absolute Gasteiger partial charge is 0.475 e. The van der Waals surface area contributed by atoms with Crippen LogP contribution in [-0.2, 0) is 11.3 Å². The first-order chi connectivity index (χ1) is 14.6. The minimum Gasteiger partial charge on any atom is -0.475 e. The van der Waals surface area contributed by atoms with Crippen molar-refractivity contribution in [1.82, 2.24) is 19.8 Å². The van der Waals surface area contributed by atoms with Crippen molar-refractivity contribution in [1.29, 1.82) is 0 Å². The summed E-state index contributed by atoms with van der Waals surface area (Å²) < 4.78 is 37.4. The van der Waals surface area contributed by atoms with Gasteiger partial charge in [-0.25, -0.2) is 9.78 Å². The number of carboxylic acids is 1. The van der Waals surface area contributed by atoms with Crippen molar-refractivity contribution in [3.8, 4) is 0 Å². The number of amides is 1. The van der Waals surface area contributed by atoms with E-state index >= 15 is 0 Å². The third kappa shape index (κ3) is 6.03. The summed E-state index contributed by atoms with van der Waals surface area (Å²) in [7, 11) is 0. The van der Waals surface area contributed by atoms with Gasteiger partial charge in [0.1, 0.15) is 17.2 Å². The number of alkyl halides is 3. The number of aromatic nitrogens is 2. The molecule has 0 saturated carbocycles. The van der Waals surface area contributed by atoms with Crippen LogP contribution in [0, 0.1) is 18.8 Å². The number of nitrogens with zero attached hydrogens (tertiary/aromatic N) is 4. The van der Waals surface area contributed by atoms with Crippen molar-refractivity contribution < 1.29 is 32.3 Å². The normalized spacial score (nSPS) is 21.2. The highest BCUT2D eigenvalue weighted by Gasteiger charge is 2.39. The second kappa shape index (κ2) is 9.46. The summed E-state index contributed by atoms with van der Waals surface area (Å²) in [6.07, 6.45) is 0.690. The number of rotatable bonds is 3. The minimum atomic E-state index is -5.08. The molecule has 8 nitrogen and oxygen atoms in total. The standard InChI is InChI=1S/C18H22N4O2.C2HF3O2/c1-13-2-3-16(24-13)12-21-9-14-4-7-22(11-15(14)10-21)18(23)17-8-19-5-6-20-17;3-2(4,5)1(6)7/h2-3,5-6,8,14-15H,4,7,9-12H2,1H3;(H,6,7)/t14-,15-;/m1./s1. The molecule has 2 saturated heterocycles. The first kappa shape index (κ1) is 22.7. The van der Waals surface area contributed by atoms with Crippen LogP contribution in [0.1, 0.15) is 28.4 Å². The SMILES string of the molecule is Cc1ccc(CN2C[C@H]3CCN(C(=O)c4cnccn4)C[C@H]3C2)o1.O=C(O)C(F)(F)F. The molecule has 2 fully saturated rings. The molecule has 2 aliphatic heterocycles. The van der Waals surface area contributed by atoms with Gasteiger partial charge < -0.3 is 14.4 Å². The van der Waals surface area contributed by atoms with Gasteiger partial charge in [-0.1, -0.05) is 0 Å². The maximum Gasteiger partial charge on any atom is 0.490 e. The maximum atomic E-state index is 12.6. The van der Waals surface area contributed by atoms with Crippen LogP contribution in [0.4, 0.5) is 13.2 Å². The molecule has 2 aromatic rings. The van der Waals surface area contributed by atoms with Gasteiger partial charge in [-0.2, -0.15) is 13.2 Å². The van der Waals surface area contributed by atoms with Crippen LogP contribution >= 0.6 is 0 Å². The van der Waals surface area contributed by atoms with Crippen molar-refractivity contribution >= 4 is 11.9 Å². The summed E-state index contributed by atoms with van der Waals surface area (Å²) in [5.41, 5.74) is 0.442. The van der Waals surface area contributed by atoms with Crippen LogP contribution in [0.15, 0.2) is 35.1 Å². The van der Waals surface area contributed by atoms with Gasteiger partial charge >= 0.3 is 12.1 Å². The highest BCUT2D eigenvalue weighted by atomic mass is 19.4. The molecule has 4 rings (SSSR count). The number of carbonyl (C=O) groups excluding carboxylic acids is 1. The lowest BCUT2D eigenvalue weighted by Gasteiger charge is -2.34. The number of aryl methyl sites for hydroxylation is 1. The Morgan fingerprint density at radius 3 is 2.48 bits per heavy atom. The second-order valence-electron chi connectivity index (χ2n) is 7.66. The molecule has 4 heterocycles. The Hall–Kier alpha value is -2.95. The average molecular weight is 440 g/mol. The topological polar surface area (TPSA) is 99.8 Å². The number of carbonyl (C=O) groups is 2. The van der Waals surface area contributed by atoms with Gasteiger partial charge in [-0.3, -0.25) is 14.7 Å². The van der Waals surface area contributed by atoms with E-state index in [4.69, 9.17) is 14.3 Å². The van der Waals surface area contributed by atoms with Crippen LogP contribution in [-0.4, -0.2) is 69.1 Å². The first-order valence-corrected chi connectivity index (χ1v) is 9.76. The van der Waals surface area contributed by atoms with E-state index < -0.39 is 12.1 Å². The number of likely N-dealkylation sites (tertiary alicyclic amines) is 2. The van der Waals surface area contributed by atoms with Crippen LogP contribution in [0.3, 0.4) is 0 Å². The van der Waals surface area contributed by atoms with Gasteiger partial charge in [0, 0.05) is 38.6 Å². The fraction of sp³-hybridized carbons (Fsp3) is 0.500. The molecule has 0 aliphatic carbocycles. The fourth-order valence-electron chi connectivity index (χ4n) is 3.94. The summed E-state index contributed by atoms with van der Waals surface area (Å²) in [6.45, 7) is 6.58. The maximum absolute atomic E-state index is 12.6. The molecule has 2 atom stereocenters. The van der Waals surface area contributed by atoms with Gasteiger partial charge in [0.25, 0.3) is 5.91 Å². The summed E-state index contributed by atoms with van der Waals surface area (Å²) in [5.74, 6) is 0.442. The van der Waals surface area contributed by atoms with Crippen molar-refractivity contribution in [2.24, 2.45) is 11.8 Å². The monoisotopic (exact) mass is 440 g/mol. The van der Waals surface area contributed by atoms with Gasteiger partial charge in [0.15, 0.2) is 0 Å². The minimum absolute atomic E-state index is 0.00154. The Labute approximate surface area is 176 Å². The van der Waals surface area contributed by atoms with Crippen LogP contribution in [0.5, 0.6) is 0 Å². The summed E-state index contributed by atoms with van der Waals surface area (Å²) >= 11 is 0. The van der Waals surface area contributed by atoms with Crippen molar-refractivity contribution in [2.75, 3.05) is 26.2 Å². The number of carboxylic acid groups (broad SMARTS) is 1. The highest BCUT2D eigenvalue weighted by molar-refractivity contribution is 5.92. The molecule has 0 radical (unpaired) electrons. The Balaban J connectivity index is 0.000000339. The molecular weight excluding hydrogens is 417 g/mol. The van der Waals surface area contributed by atoms with E-state index in [1.165, 1.54) is 0 Å². The van der Waals surface area contributed by atoms with E-state index in [9.17, 15) is 18.0 Å². The zero-order chi connectivity index (χ0) is 22.6. The Morgan fingerprint density at radius 1 is 1.19 bits per heavy atom. The van der Waals surface area contributed by atoms with E-state index in [-0.39, 0.29) is 5.91 Å². The molecule has 0 unspecified atom stereocenters. The van der Waals surface area contributed by atoms with Gasteiger partial charge in [0.05, 0.1) is 12.7 Å². The van der Waals surface area contributed by atoms with Crippen LogP contribution in [0.25, 0.3) is 0 Å². The number of fused-ring (bicyclic) bond motifs is 1. The van der Waals surface area contributed by atoms with Crippen molar-refractivity contribution in [3.63, 3.8) is 0 Å². The fourth-order valence-corrected chi connectivity index (χ4v) is 3.94. The second-order valence-corrected chi connectivity index (χ2v) is 7.66. The highest BCUT2D eigenvalue weighted by Crippen LogP contribution is 2.32. The molecule has 0 bridgehead atoms. The van der Waals surface area contributed by atoms with Crippen molar-refractivity contribution in [2.45, 2.75) is 26.1 Å². The van der Waals surface area contributed by atoms with Crippen molar-refractivity contribution in [3.05, 3.63) is 47.9 Å². The van der Waals surface area contributed by atoms with Gasteiger partial charge in [-0.15, -0.1) is 0 Å².